The van der Waals surface area contributed by atoms with Crippen molar-refractivity contribution < 1.29 is 28.9 Å². The summed E-state index contributed by atoms with van der Waals surface area (Å²) in [7, 11) is 1.34. The van der Waals surface area contributed by atoms with E-state index in [1.54, 1.807) is 45.0 Å². The molecule has 0 aliphatic rings. The summed E-state index contributed by atoms with van der Waals surface area (Å²) in [4.78, 5) is 25.0. The van der Waals surface area contributed by atoms with Crippen LogP contribution >= 0.6 is 0 Å². The number of methoxy groups -OCH3 is 1. The average molecular weight is 393 g/mol. The Hall–Kier alpha value is -2.70. The van der Waals surface area contributed by atoms with Gasteiger partial charge in [0.05, 0.1) is 25.8 Å². The number of aliphatic hydroxyl groups excluding tert-OH is 1. The Kier molecular flexibility index (Phi) is 9.35. The van der Waals surface area contributed by atoms with E-state index in [4.69, 9.17) is 9.47 Å². The van der Waals surface area contributed by atoms with Crippen molar-refractivity contribution in [1.82, 2.24) is 4.90 Å². The van der Waals surface area contributed by atoms with Crippen molar-refractivity contribution in [2.45, 2.75) is 45.6 Å². The standard InChI is InChI=1S/C21H31NO6/c1-16(23)15-22(20(25)28-21(2,3)4)13-7-6-8-14-27-18-11-9-17(10-12-18)19(24)26-5/h9-12,23H,1,6-8,13-15H2,2-5H3. The number of aliphatic hydroxyl groups is 1. The van der Waals surface area contributed by atoms with Crippen LogP contribution in [0.2, 0.25) is 0 Å². The van der Waals surface area contributed by atoms with Gasteiger partial charge >= 0.3 is 12.1 Å². The van der Waals surface area contributed by atoms with Gasteiger partial charge in [-0.25, -0.2) is 9.59 Å². The molecule has 0 aliphatic heterocycles. The summed E-state index contributed by atoms with van der Waals surface area (Å²) in [6, 6.07) is 6.76. The molecule has 0 unspecified atom stereocenters. The van der Waals surface area contributed by atoms with E-state index in [0.29, 0.717) is 24.5 Å². The molecular formula is C21H31NO6. The Labute approximate surface area is 166 Å². The van der Waals surface area contributed by atoms with Crippen LogP contribution in [0.1, 0.15) is 50.4 Å². The first-order valence-electron chi connectivity index (χ1n) is 9.28. The van der Waals surface area contributed by atoms with Crippen molar-refractivity contribution in [3.63, 3.8) is 0 Å². The lowest BCUT2D eigenvalue weighted by Gasteiger charge is -2.27. The van der Waals surface area contributed by atoms with Crippen LogP contribution in [-0.2, 0) is 9.47 Å². The third-order valence-electron chi connectivity index (χ3n) is 3.64. The van der Waals surface area contributed by atoms with Crippen molar-refractivity contribution in [3.8, 4) is 5.75 Å². The molecule has 0 heterocycles. The van der Waals surface area contributed by atoms with Crippen molar-refractivity contribution in [2.75, 3.05) is 26.8 Å². The first kappa shape index (κ1) is 23.3. The van der Waals surface area contributed by atoms with E-state index in [1.165, 1.54) is 12.0 Å². The molecule has 0 aromatic heterocycles. The van der Waals surface area contributed by atoms with Gasteiger partial charge in [0, 0.05) is 6.54 Å². The number of hydrogen-bond acceptors (Lipinski definition) is 6. The summed E-state index contributed by atoms with van der Waals surface area (Å²) < 4.78 is 15.6. The summed E-state index contributed by atoms with van der Waals surface area (Å²) in [6.45, 7) is 9.88. The van der Waals surface area contributed by atoms with Crippen molar-refractivity contribution in [3.05, 3.63) is 42.2 Å². The largest absolute Gasteiger partial charge is 0.511 e. The number of esters is 1. The summed E-state index contributed by atoms with van der Waals surface area (Å²) >= 11 is 0. The molecule has 0 radical (unpaired) electrons. The van der Waals surface area contributed by atoms with Crippen LogP contribution in [0.5, 0.6) is 5.75 Å². The van der Waals surface area contributed by atoms with E-state index >= 15 is 0 Å². The molecule has 0 bridgehead atoms. The molecule has 0 saturated carbocycles. The zero-order valence-corrected chi connectivity index (χ0v) is 17.2. The zero-order valence-electron chi connectivity index (χ0n) is 17.2. The van der Waals surface area contributed by atoms with Crippen LogP contribution in [0.25, 0.3) is 0 Å². The number of carbonyl (C=O) groups excluding carboxylic acids is 2. The second-order valence-corrected chi connectivity index (χ2v) is 7.39. The fraction of sp³-hybridized carbons (Fsp3) is 0.524. The van der Waals surface area contributed by atoms with Crippen molar-refractivity contribution in [1.29, 1.82) is 0 Å². The summed E-state index contributed by atoms with van der Waals surface area (Å²) in [5.41, 5.74) is -0.119. The van der Waals surface area contributed by atoms with E-state index in [0.717, 1.165) is 19.3 Å². The molecular weight excluding hydrogens is 362 g/mol. The first-order valence-corrected chi connectivity index (χ1v) is 9.28. The minimum Gasteiger partial charge on any atom is -0.511 e. The number of ether oxygens (including phenoxy) is 3. The molecule has 0 spiro atoms. The predicted molar refractivity (Wildman–Crippen MR) is 107 cm³/mol. The maximum absolute atomic E-state index is 12.2. The van der Waals surface area contributed by atoms with Gasteiger partial charge < -0.3 is 24.2 Å². The average Bonchev–Trinajstić information content (AvgIpc) is 2.61. The minimum absolute atomic E-state index is 0.0535. The minimum atomic E-state index is -0.594. The number of unbranched alkanes of at least 4 members (excludes halogenated alkanes) is 2. The second-order valence-electron chi connectivity index (χ2n) is 7.39. The topological polar surface area (TPSA) is 85.3 Å². The number of benzene rings is 1. The smallest absolute Gasteiger partial charge is 0.410 e. The molecule has 0 saturated heterocycles. The molecule has 7 heteroatoms. The van der Waals surface area contributed by atoms with Gasteiger partial charge in [0.25, 0.3) is 0 Å². The molecule has 1 aromatic carbocycles. The Balaban J connectivity index is 2.34. The molecule has 1 rings (SSSR count). The maximum atomic E-state index is 12.2. The molecule has 0 aliphatic carbocycles. The highest BCUT2D eigenvalue weighted by molar-refractivity contribution is 5.89. The third-order valence-corrected chi connectivity index (χ3v) is 3.64. The van der Waals surface area contributed by atoms with Crippen LogP contribution < -0.4 is 4.74 Å². The van der Waals surface area contributed by atoms with Gasteiger partial charge in [0.1, 0.15) is 17.1 Å². The van der Waals surface area contributed by atoms with Gasteiger partial charge in [0.15, 0.2) is 0 Å². The summed E-state index contributed by atoms with van der Waals surface area (Å²) in [6.07, 6.45) is 1.93. The van der Waals surface area contributed by atoms with E-state index in [-0.39, 0.29) is 18.3 Å². The van der Waals surface area contributed by atoms with Crippen LogP contribution in [0.15, 0.2) is 36.6 Å². The van der Waals surface area contributed by atoms with Crippen molar-refractivity contribution in [2.24, 2.45) is 0 Å². The second kappa shape index (κ2) is 11.2. The molecule has 7 nitrogen and oxygen atoms in total. The van der Waals surface area contributed by atoms with Crippen LogP contribution in [-0.4, -0.2) is 54.5 Å². The molecule has 28 heavy (non-hydrogen) atoms. The van der Waals surface area contributed by atoms with Crippen molar-refractivity contribution >= 4 is 12.1 Å². The highest BCUT2D eigenvalue weighted by atomic mass is 16.6. The highest BCUT2D eigenvalue weighted by Gasteiger charge is 2.22. The van der Waals surface area contributed by atoms with Gasteiger partial charge in [-0.15, -0.1) is 0 Å². The third kappa shape index (κ3) is 9.30. The number of nitrogens with zero attached hydrogens (tertiary/aromatic N) is 1. The number of hydrogen-bond donors (Lipinski definition) is 1. The quantitative estimate of drug-likeness (QED) is 0.362. The molecule has 0 atom stereocenters. The van der Waals surface area contributed by atoms with Crippen LogP contribution in [0.3, 0.4) is 0 Å². The van der Waals surface area contributed by atoms with Crippen LogP contribution in [0.4, 0.5) is 4.79 Å². The number of rotatable bonds is 10. The lowest BCUT2D eigenvalue weighted by atomic mass is 10.2. The lowest BCUT2D eigenvalue weighted by molar-refractivity contribution is 0.0245. The molecule has 1 amide bonds. The Morgan fingerprint density at radius 2 is 1.75 bits per heavy atom. The Morgan fingerprint density at radius 1 is 1.11 bits per heavy atom. The SMILES string of the molecule is C=C(O)CN(CCCCCOc1ccc(C(=O)OC)cc1)C(=O)OC(C)(C)C. The summed E-state index contributed by atoms with van der Waals surface area (Å²) in [5.74, 6) is 0.218. The van der Waals surface area contributed by atoms with E-state index < -0.39 is 11.7 Å². The Bertz CT molecular complexity index is 648. The van der Waals surface area contributed by atoms with Crippen LogP contribution in [0, 0.1) is 0 Å². The number of amides is 1. The predicted octanol–water partition coefficient (Wildman–Crippen LogP) is 4.33. The van der Waals surface area contributed by atoms with E-state index in [2.05, 4.69) is 11.3 Å². The van der Waals surface area contributed by atoms with Gasteiger partial charge in [-0.2, -0.15) is 0 Å². The summed E-state index contributed by atoms with van der Waals surface area (Å²) in [5, 5.41) is 9.41. The molecule has 1 aromatic rings. The van der Waals surface area contributed by atoms with Gasteiger partial charge in [0.2, 0.25) is 0 Å². The molecule has 1 N–H and O–H groups in total. The van der Waals surface area contributed by atoms with Gasteiger partial charge in [-0.05, 0) is 64.3 Å². The fourth-order valence-corrected chi connectivity index (χ4v) is 2.36. The first-order chi connectivity index (χ1) is 13.1. The van der Waals surface area contributed by atoms with E-state index in [1.807, 2.05) is 0 Å². The van der Waals surface area contributed by atoms with Gasteiger partial charge in [-0.1, -0.05) is 6.58 Å². The monoisotopic (exact) mass is 393 g/mol. The Morgan fingerprint density at radius 3 is 2.29 bits per heavy atom. The lowest BCUT2D eigenvalue weighted by Crippen LogP contribution is -2.38. The van der Waals surface area contributed by atoms with E-state index in [9.17, 15) is 14.7 Å². The fourth-order valence-electron chi connectivity index (χ4n) is 2.36. The molecule has 156 valence electrons. The number of carbonyl (C=O) groups is 2. The zero-order chi connectivity index (χ0) is 21.2. The maximum Gasteiger partial charge on any atom is 0.410 e. The normalized spacial score (nSPS) is 10.9. The van der Waals surface area contributed by atoms with Gasteiger partial charge in [-0.3, -0.25) is 0 Å². The highest BCUT2D eigenvalue weighted by Crippen LogP contribution is 2.14. The molecule has 0 fully saturated rings.